The van der Waals surface area contributed by atoms with Gasteiger partial charge < -0.3 is 24.6 Å². The van der Waals surface area contributed by atoms with Crippen molar-refractivity contribution in [3.63, 3.8) is 0 Å². The molecule has 4 rings (SSSR count). The van der Waals surface area contributed by atoms with Crippen LogP contribution in [0.5, 0.6) is 17.5 Å². The maximum Gasteiger partial charge on any atom is 0.257 e. The van der Waals surface area contributed by atoms with E-state index in [0.717, 1.165) is 26.1 Å². The monoisotopic (exact) mass is 439 g/mol. The van der Waals surface area contributed by atoms with E-state index in [2.05, 4.69) is 20.4 Å². The molecular formula is C22H25N5O5. The third-order valence-corrected chi connectivity index (χ3v) is 5.42. The molecule has 0 spiro atoms. The summed E-state index contributed by atoms with van der Waals surface area (Å²) in [6.45, 7) is 2.10. The van der Waals surface area contributed by atoms with Crippen LogP contribution in [0.3, 0.4) is 0 Å². The van der Waals surface area contributed by atoms with Crippen molar-refractivity contribution in [1.29, 1.82) is 0 Å². The Morgan fingerprint density at radius 1 is 1.16 bits per heavy atom. The molecule has 10 heteroatoms. The van der Waals surface area contributed by atoms with E-state index in [4.69, 9.17) is 14.2 Å². The van der Waals surface area contributed by atoms with E-state index < -0.39 is 0 Å². The fraction of sp³-hybridized carbons (Fsp3) is 0.364. The van der Waals surface area contributed by atoms with Crippen molar-refractivity contribution >= 4 is 5.91 Å². The summed E-state index contributed by atoms with van der Waals surface area (Å²) in [5.74, 6) is 1.17. The summed E-state index contributed by atoms with van der Waals surface area (Å²) in [6.07, 6.45) is 6.42. The number of carbonyl (C=O) groups excluding carboxylic acids is 1. The van der Waals surface area contributed by atoms with Crippen LogP contribution in [0.2, 0.25) is 0 Å². The van der Waals surface area contributed by atoms with Gasteiger partial charge in [-0.2, -0.15) is 9.78 Å². The zero-order chi connectivity index (χ0) is 22.5. The molecule has 0 bridgehead atoms. The van der Waals surface area contributed by atoms with Gasteiger partial charge in [0.25, 0.3) is 11.8 Å². The van der Waals surface area contributed by atoms with Crippen molar-refractivity contribution in [1.82, 2.24) is 25.1 Å². The number of hydrogen-bond acceptors (Lipinski definition) is 8. The van der Waals surface area contributed by atoms with E-state index >= 15 is 0 Å². The lowest BCUT2D eigenvalue weighted by molar-refractivity contribution is 0.0642. The zero-order valence-electron chi connectivity index (χ0n) is 17.9. The molecule has 0 aliphatic carbocycles. The van der Waals surface area contributed by atoms with E-state index in [0.29, 0.717) is 46.6 Å². The van der Waals surface area contributed by atoms with Crippen LogP contribution in [0.1, 0.15) is 23.2 Å². The first-order valence-corrected chi connectivity index (χ1v) is 10.3. The van der Waals surface area contributed by atoms with Gasteiger partial charge in [-0.15, -0.1) is 0 Å². The fourth-order valence-corrected chi connectivity index (χ4v) is 3.62. The van der Waals surface area contributed by atoms with Gasteiger partial charge in [-0.1, -0.05) is 0 Å². The topological polar surface area (TPSA) is 121 Å². The average Bonchev–Trinajstić information content (AvgIpc) is 3.23. The van der Waals surface area contributed by atoms with Crippen LogP contribution in [-0.2, 0) is 4.74 Å². The molecule has 1 saturated heterocycles. The standard InChI is InChI=1S/C22H25N5O5/c1-30-19-16(5-8-23-21(19)31-2)17-13-26-27(22(17)29)18-4-3-15(12-24-18)20(28)25-11-14-6-9-32-10-7-14/h3-5,8,12-14,29H,6-7,9-11H2,1-2H3,(H,25,28). The third kappa shape index (κ3) is 4.35. The first-order chi connectivity index (χ1) is 15.6. The highest BCUT2D eigenvalue weighted by Crippen LogP contribution is 2.40. The molecule has 1 fully saturated rings. The number of methoxy groups -OCH3 is 2. The van der Waals surface area contributed by atoms with Crippen LogP contribution >= 0.6 is 0 Å². The number of pyridine rings is 2. The van der Waals surface area contributed by atoms with Crippen LogP contribution in [-0.4, -0.2) is 64.7 Å². The van der Waals surface area contributed by atoms with Crippen molar-refractivity contribution in [3.05, 3.63) is 42.4 Å². The first-order valence-electron chi connectivity index (χ1n) is 10.3. The number of rotatable bonds is 7. The number of hydrogen-bond donors (Lipinski definition) is 2. The summed E-state index contributed by atoms with van der Waals surface area (Å²) >= 11 is 0. The highest BCUT2D eigenvalue weighted by atomic mass is 16.5. The van der Waals surface area contributed by atoms with Crippen LogP contribution < -0.4 is 14.8 Å². The highest BCUT2D eigenvalue weighted by molar-refractivity contribution is 5.93. The molecule has 0 aromatic carbocycles. The molecule has 0 radical (unpaired) electrons. The molecule has 0 atom stereocenters. The van der Waals surface area contributed by atoms with Crippen molar-refractivity contribution < 1.29 is 24.1 Å². The second-order valence-corrected chi connectivity index (χ2v) is 7.37. The Kier molecular flexibility index (Phi) is 6.50. The lowest BCUT2D eigenvalue weighted by atomic mass is 10.0. The van der Waals surface area contributed by atoms with Gasteiger partial charge in [0.1, 0.15) is 0 Å². The number of nitrogens with one attached hydrogen (secondary N) is 1. The summed E-state index contributed by atoms with van der Waals surface area (Å²) in [5.41, 5.74) is 1.45. The molecule has 168 valence electrons. The van der Waals surface area contributed by atoms with Crippen LogP contribution in [0.25, 0.3) is 16.9 Å². The molecular weight excluding hydrogens is 414 g/mol. The van der Waals surface area contributed by atoms with E-state index in [1.54, 1.807) is 24.4 Å². The maximum atomic E-state index is 12.4. The molecule has 1 aliphatic heterocycles. The minimum Gasteiger partial charge on any atom is -0.493 e. The zero-order valence-corrected chi connectivity index (χ0v) is 17.9. The maximum absolute atomic E-state index is 12.4. The fourth-order valence-electron chi connectivity index (χ4n) is 3.62. The van der Waals surface area contributed by atoms with Gasteiger partial charge in [0.15, 0.2) is 11.6 Å². The Morgan fingerprint density at radius 3 is 2.66 bits per heavy atom. The molecule has 10 nitrogen and oxygen atoms in total. The summed E-state index contributed by atoms with van der Waals surface area (Å²) in [4.78, 5) is 20.8. The molecule has 3 aromatic heterocycles. The van der Waals surface area contributed by atoms with Gasteiger partial charge in [-0.25, -0.2) is 9.97 Å². The third-order valence-electron chi connectivity index (χ3n) is 5.42. The molecule has 1 amide bonds. The van der Waals surface area contributed by atoms with Crippen molar-refractivity contribution in [2.75, 3.05) is 34.0 Å². The molecule has 3 aromatic rings. The number of ether oxygens (including phenoxy) is 3. The average molecular weight is 439 g/mol. The van der Waals surface area contributed by atoms with Gasteiger partial charge in [-0.3, -0.25) is 4.79 Å². The SMILES string of the molecule is COc1nccc(-c2cnn(-c3ccc(C(=O)NCC4CCOCC4)cn3)c2O)c1OC. The molecule has 4 heterocycles. The number of carbonyl (C=O) groups is 1. The largest absolute Gasteiger partial charge is 0.493 e. The van der Waals surface area contributed by atoms with E-state index in [9.17, 15) is 9.90 Å². The molecule has 1 aliphatic rings. The quantitative estimate of drug-likeness (QED) is 0.575. The summed E-state index contributed by atoms with van der Waals surface area (Å²) in [5, 5.41) is 18.0. The van der Waals surface area contributed by atoms with Gasteiger partial charge in [-0.05, 0) is 37.0 Å². The number of aromatic hydroxyl groups is 1. The number of amides is 1. The Hall–Kier alpha value is -3.66. The normalized spacial score (nSPS) is 14.2. The predicted molar refractivity (Wildman–Crippen MR) is 115 cm³/mol. The smallest absolute Gasteiger partial charge is 0.257 e. The second-order valence-electron chi connectivity index (χ2n) is 7.37. The van der Waals surface area contributed by atoms with Crippen molar-refractivity contribution in [2.24, 2.45) is 5.92 Å². The minimum atomic E-state index is -0.186. The Morgan fingerprint density at radius 2 is 1.97 bits per heavy atom. The van der Waals surface area contributed by atoms with E-state index in [-0.39, 0.29) is 11.8 Å². The number of aromatic nitrogens is 4. The summed E-state index contributed by atoms with van der Waals surface area (Å²) in [6, 6.07) is 4.98. The Labute approximate surface area is 185 Å². The van der Waals surface area contributed by atoms with Gasteiger partial charge in [0.2, 0.25) is 5.88 Å². The van der Waals surface area contributed by atoms with E-state index in [1.807, 2.05) is 0 Å². The van der Waals surface area contributed by atoms with Gasteiger partial charge in [0, 0.05) is 37.7 Å². The molecule has 0 unspecified atom stereocenters. The second kappa shape index (κ2) is 9.65. The Balaban J connectivity index is 1.51. The predicted octanol–water partition coefficient (Wildman–Crippen LogP) is 2.21. The van der Waals surface area contributed by atoms with Crippen LogP contribution in [0.15, 0.2) is 36.8 Å². The molecule has 2 N–H and O–H groups in total. The van der Waals surface area contributed by atoms with Gasteiger partial charge in [0.05, 0.1) is 31.5 Å². The van der Waals surface area contributed by atoms with Crippen molar-refractivity contribution in [2.45, 2.75) is 12.8 Å². The lowest BCUT2D eigenvalue weighted by Gasteiger charge is -2.22. The van der Waals surface area contributed by atoms with Crippen LogP contribution in [0, 0.1) is 5.92 Å². The molecule has 0 saturated carbocycles. The van der Waals surface area contributed by atoms with Crippen LogP contribution in [0.4, 0.5) is 0 Å². The van der Waals surface area contributed by atoms with Crippen molar-refractivity contribution in [3.8, 4) is 34.5 Å². The summed E-state index contributed by atoms with van der Waals surface area (Å²) in [7, 11) is 2.99. The van der Waals surface area contributed by atoms with E-state index in [1.165, 1.54) is 31.3 Å². The first kappa shape index (κ1) is 21.6. The lowest BCUT2D eigenvalue weighted by Crippen LogP contribution is -2.32. The Bertz CT molecular complexity index is 1080. The minimum absolute atomic E-state index is 0.124. The number of nitrogens with zero attached hydrogens (tertiary/aromatic N) is 4. The van der Waals surface area contributed by atoms with Gasteiger partial charge >= 0.3 is 0 Å². The summed E-state index contributed by atoms with van der Waals surface area (Å²) < 4.78 is 17.2. The highest BCUT2D eigenvalue weighted by Gasteiger charge is 2.21. The molecule has 32 heavy (non-hydrogen) atoms.